The van der Waals surface area contributed by atoms with Gasteiger partial charge in [-0.3, -0.25) is 4.79 Å². The van der Waals surface area contributed by atoms with E-state index in [9.17, 15) is 4.79 Å². The minimum absolute atomic E-state index is 0.255. The van der Waals surface area contributed by atoms with E-state index < -0.39 is 0 Å². The van der Waals surface area contributed by atoms with Gasteiger partial charge < -0.3 is 19.0 Å². The molecule has 7 heteroatoms. The van der Waals surface area contributed by atoms with Crippen LogP contribution in [0.25, 0.3) is 11.0 Å². The lowest BCUT2D eigenvalue weighted by Gasteiger charge is -2.11. The number of carbonyl (C=O) groups is 1. The van der Waals surface area contributed by atoms with Crippen LogP contribution in [0.15, 0.2) is 71.3 Å². The molecule has 0 aliphatic rings. The third kappa shape index (κ3) is 4.83. The third-order valence-electron chi connectivity index (χ3n) is 4.74. The number of ether oxygens (including phenoxy) is 1. The summed E-state index contributed by atoms with van der Waals surface area (Å²) in [5.74, 6) is 1.66. The number of unbranched alkanes of at least 4 members (excludes halogenated alkanes) is 1. The molecule has 0 aliphatic carbocycles. The summed E-state index contributed by atoms with van der Waals surface area (Å²) in [5, 5.41) is 3.57. The van der Waals surface area contributed by atoms with Gasteiger partial charge in [-0.15, -0.1) is 0 Å². The molecule has 0 fully saturated rings. The van der Waals surface area contributed by atoms with Gasteiger partial charge >= 0.3 is 0 Å². The zero-order valence-corrected chi connectivity index (χ0v) is 17.1. The summed E-state index contributed by atoms with van der Waals surface area (Å²) in [6.07, 6.45) is 3.30. The zero-order valence-electron chi connectivity index (χ0n) is 16.4. The molecule has 0 saturated heterocycles. The Bertz CT molecular complexity index is 1100. The van der Waals surface area contributed by atoms with E-state index in [1.807, 2.05) is 48.5 Å². The van der Waals surface area contributed by atoms with Crippen LogP contribution in [0, 0.1) is 0 Å². The molecule has 30 heavy (non-hydrogen) atoms. The molecule has 0 saturated carbocycles. The molecule has 0 spiro atoms. The van der Waals surface area contributed by atoms with Crippen LogP contribution in [0.5, 0.6) is 5.75 Å². The van der Waals surface area contributed by atoms with E-state index in [1.54, 1.807) is 12.1 Å². The molecule has 0 radical (unpaired) electrons. The molecular weight excluding hydrogens is 402 g/mol. The average Bonchev–Trinajstić information content (AvgIpc) is 3.42. The maximum Gasteiger partial charge on any atom is 0.287 e. The maximum absolute atomic E-state index is 12.2. The van der Waals surface area contributed by atoms with Crippen LogP contribution >= 0.6 is 11.6 Å². The van der Waals surface area contributed by atoms with Crippen molar-refractivity contribution in [3.63, 3.8) is 0 Å². The Morgan fingerprint density at radius 3 is 2.70 bits per heavy atom. The molecule has 0 aliphatic heterocycles. The molecule has 0 bridgehead atoms. The van der Waals surface area contributed by atoms with Crippen LogP contribution in [0.4, 0.5) is 0 Å². The molecule has 154 valence electrons. The number of fused-ring (bicyclic) bond motifs is 1. The number of imidazole rings is 1. The van der Waals surface area contributed by atoms with Crippen molar-refractivity contribution in [3.05, 3.63) is 83.5 Å². The molecule has 6 nitrogen and oxygen atoms in total. The monoisotopic (exact) mass is 423 g/mol. The Labute approximate surface area is 179 Å². The number of aromatic nitrogens is 2. The summed E-state index contributed by atoms with van der Waals surface area (Å²) >= 11 is 5.89. The van der Waals surface area contributed by atoms with E-state index in [4.69, 9.17) is 25.7 Å². The van der Waals surface area contributed by atoms with Crippen LogP contribution in [0.3, 0.4) is 0 Å². The van der Waals surface area contributed by atoms with Crippen molar-refractivity contribution in [2.45, 2.75) is 25.9 Å². The SMILES string of the molecule is O=C(NCc1nc2ccccc2n1CCCCOc1ccc(Cl)cc1)c1ccco1. The van der Waals surface area contributed by atoms with Gasteiger partial charge in [-0.25, -0.2) is 4.98 Å². The van der Waals surface area contributed by atoms with Crippen molar-refractivity contribution >= 4 is 28.5 Å². The quantitative estimate of drug-likeness (QED) is 0.381. The van der Waals surface area contributed by atoms with Crippen molar-refractivity contribution < 1.29 is 13.9 Å². The number of para-hydroxylation sites is 2. The number of rotatable bonds is 9. The number of hydrogen-bond acceptors (Lipinski definition) is 4. The topological polar surface area (TPSA) is 69.3 Å². The fourth-order valence-corrected chi connectivity index (χ4v) is 3.38. The van der Waals surface area contributed by atoms with E-state index in [2.05, 4.69) is 9.88 Å². The fraction of sp³-hybridized carbons (Fsp3) is 0.217. The second kappa shape index (κ2) is 9.50. The summed E-state index contributed by atoms with van der Waals surface area (Å²) in [6.45, 7) is 1.74. The minimum atomic E-state index is -0.255. The lowest BCUT2D eigenvalue weighted by molar-refractivity contribution is 0.0921. The van der Waals surface area contributed by atoms with Gasteiger partial charge in [0.15, 0.2) is 5.76 Å². The van der Waals surface area contributed by atoms with Crippen molar-refractivity contribution in [2.75, 3.05) is 6.61 Å². The van der Waals surface area contributed by atoms with Gasteiger partial charge in [0.05, 0.1) is 30.4 Å². The predicted octanol–water partition coefficient (Wildman–Crippen LogP) is 5.07. The van der Waals surface area contributed by atoms with Gasteiger partial charge in [-0.1, -0.05) is 23.7 Å². The number of hydrogen-bond donors (Lipinski definition) is 1. The zero-order chi connectivity index (χ0) is 20.8. The first-order valence-electron chi connectivity index (χ1n) is 9.85. The summed E-state index contributed by atoms with van der Waals surface area (Å²) < 4.78 is 13.1. The smallest absolute Gasteiger partial charge is 0.287 e. The predicted molar refractivity (Wildman–Crippen MR) is 116 cm³/mol. The van der Waals surface area contributed by atoms with Crippen LogP contribution in [0.1, 0.15) is 29.2 Å². The Morgan fingerprint density at radius 2 is 1.90 bits per heavy atom. The molecule has 2 aromatic carbocycles. The van der Waals surface area contributed by atoms with Crippen molar-refractivity contribution in [1.29, 1.82) is 0 Å². The molecule has 0 unspecified atom stereocenters. The van der Waals surface area contributed by atoms with Crippen LogP contribution in [-0.4, -0.2) is 22.1 Å². The first kappa shape index (κ1) is 20.0. The van der Waals surface area contributed by atoms with E-state index in [1.165, 1.54) is 6.26 Å². The number of amides is 1. The summed E-state index contributed by atoms with van der Waals surface area (Å²) in [7, 11) is 0. The summed E-state index contributed by atoms with van der Waals surface area (Å²) in [4.78, 5) is 16.9. The van der Waals surface area contributed by atoms with Gasteiger partial charge in [0.1, 0.15) is 11.6 Å². The Kier molecular flexibility index (Phi) is 6.35. The Hall–Kier alpha value is -3.25. The number of nitrogens with zero attached hydrogens (tertiary/aromatic N) is 2. The number of nitrogens with one attached hydrogen (secondary N) is 1. The normalized spacial score (nSPS) is 11.0. The highest BCUT2D eigenvalue weighted by atomic mass is 35.5. The lowest BCUT2D eigenvalue weighted by atomic mass is 10.3. The van der Waals surface area contributed by atoms with Crippen molar-refractivity contribution in [1.82, 2.24) is 14.9 Å². The van der Waals surface area contributed by atoms with E-state index >= 15 is 0 Å². The van der Waals surface area contributed by atoms with Crippen LogP contribution in [-0.2, 0) is 13.1 Å². The number of halogens is 1. The van der Waals surface area contributed by atoms with Gasteiger partial charge in [0.25, 0.3) is 5.91 Å². The third-order valence-corrected chi connectivity index (χ3v) is 5.00. The van der Waals surface area contributed by atoms with E-state index in [-0.39, 0.29) is 11.7 Å². The fourth-order valence-electron chi connectivity index (χ4n) is 3.26. The largest absolute Gasteiger partial charge is 0.494 e. The number of carbonyl (C=O) groups excluding carboxylic acids is 1. The molecule has 2 aromatic heterocycles. The highest BCUT2D eigenvalue weighted by molar-refractivity contribution is 6.30. The van der Waals surface area contributed by atoms with Crippen LogP contribution < -0.4 is 10.1 Å². The number of aryl methyl sites for hydroxylation is 1. The number of benzene rings is 2. The minimum Gasteiger partial charge on any atom is -0.494 e. The van der Waals surface area contributed by atoms with E-state index in [0.717, 1.165) is 42.0 Å². The lowest BCUT2D eigenvalue weighted by Crippen LogP contribution is -2.24. The molecular formula is C23H22ClN3O3. The molecule has 4 aromatic rings. The highest BCUT2D eigenvalue weighted by Gasteiger charge is 2.13. The summed E-state index contributed by atoms with van der Waals surface area (Å²) in [5.41, 5.74) is 1.97. The van der Waals surface area contributed by atoms with Gasteiger partial charge in [-0.2, -0.15) is 0 Å². The molecule has 4 rings (SSSR count). The standard InChI is InChI=1S/C23H22ClN3O3/c24-17-9-11-18(12-10-17)29-14-4-3-13-27-20-7-2-1-6-19(20)26-22(27)16-25-23(28)21-8-5-15-30-21/h1-2,5-12,15H,3-4,13-14,16H2,(H,25,28). The molecule has 0 atom stereocenters. The molecule has 1 amide bonds. The van der Waals surface area contributed by atoms with Gasteiger partial charge in [0, 0.05) is 11.6 Å². The van der Waals surface area contributed by atoms with Crippen molar-refractivity contribution in [2.24, 2.45) is 0 Å². The van der Waals surface area contributed by atoms with Crippen molar-refractivity contribution in [3.8, 4) is 5.75 Å². The van der Waals surface area contributed by atoms with Gasteiger partial charge in [0.2, 0.25) is 0 Å². The number of furan rings is 1. The molecule has 2 heterocycles. The highest BCUT2D eigenvalue weighted by Crippen LogP contribution is 2.18. The summed E-state index contributed by atoms with van der Waals surface area (Å²) in [6, 6.07) is 18.7. The van der Waals surface area contributed by atoms with Gasteiger partial charge in [-0.05, 0) is 61.4 Å². The molecule has 1 N–H and O–H groups in total. The first-order valence-corrected chi connectivity index (χ1v) is 10.2. The average molecular weight is 424 g/mol. The first-order chi connectivity index (χ1) is 14.7. The Morgan fingerprint density at radius 1 is 1.07 bits per heavy atom. The second-order valence-corrected chi connectivity index (χ2v) is 7.27. The van der Waals surface area contributed by atoms with Crippen LogP contribution in [0.2, 0.25) is 5.02 Å². The maximum atomic E-state index is 12.2. The second-order valence-electron chi connectivity index (χ2n) is 6.84. The van der Waals surface area contributed by atoms with E-state index in [0.29, 0.717) is 18.2 Å². The Balaban J connectivity index is 1.36.